The van der Waals surface area contributed by atoms with E-state index in [1.54, 1.807) is 22.9 Å². The van der Waals surface area contributed by atoms with Crippen molar-refractivity contribution in [1.82, 2.24) is 9.47 Å². The third-order valence-electron chi connectivity index (χ3n) is 6.21. The minimum absolute atomic E-state index is 0.0287. The quantitative estimate of drug-likeness (QED) is 0.592. The van der Waals surface area contributed by atoms with E-state index in [2.05, 4.69) is 18.7 Å². The molecule has 150 valence electrons. The van der Waals surface area contributed by atoms with Gasteiger partial charge in [0.1, 0.15) is 17.9 Å². The third-order valence-corrected chi connectivity index (χ3v) is 6.45. The van der Waals surface area contributed by atoms with Gasteiger partial charge < -0.3 is 14.2 Å². The molecule has 1 saturated heterocycles. The first-order valence-electron chi connectivity index (χ1n) is 9.95. The Balaban J connectivity index is 1.42. The highest BCUT2D eigenvalue weighted by molar-refractivity contribution is 6.31. The number of aromatic nitrogens is 1. The maximum Gasteiger partial charge on any atom is 0.256 e. The molecule has 30 heavy (non-hydrogen) atoms. The number of nitriles is 1. The standard InChI is InChI=1S/C24H20ClN3O2/c1-16-18-4-2-3-5-21(18)24(30-16)8-11-27(12-9-24)23(29)20-15-28(13-10-26)22-14-17(25)6-7-19(20)22/h2-7,14-15H,1,8-9,11-13H2. The van der Waals surface area contributed by atoms with E-state index < -0.39 is 5.60 Å². The largest absolute Gasteiger partial charge is 0.482 e. The molecule has 0 N–H and O–H groups in total. The molecule has 1 spiro atoms. The second-order valence-corrected chi connectivity index (χ2v) is 8.28. The number of amides is 1. The number of benzene rings is 2. The summed E-state index contributed by atoms with van der Waals surface area (Å²) in [5.74, 6) is 0.681. The number of hydrogen-bond donors (Lipinski definition) is 0. The summed E-state index contributed by atoms with van der Waals surface area (Å²) in [5.41, 5.74) is 3.23. The van der Waals surface area contributed by atoms with Gasteiger partial charge in [0, 0.05) is 53.7 Å². The van der Waals surface area contributed by atoms with E-state index in [0.29, 0.717) is 29.4 Å². The van der Waals surface area contributed by atoms with Crippen LogP contribution in [0.1, 0.15) is 34.3 Å². The van der Waals surface area contributed by atoms with E-state index in [1.165, 1.54) is 5.56 Å². The lowest BCUT2D eigenvalue weighted by atomic mass is 9.83. The van der Waals surface area contributed by atoms with E-state index in [1.807, 2.05) is 29.2 Å². The van der Waals surface area contributed by atoms with Crippen molar-refractivity contribution in [3.05, 3.63) is 77.0 Å². The van der Waals surface area contributed by atoms with Gasteiger partial charge in [0.15, 0.2) is 0 Å². The minimum Gasteiger partial charge on any atom is -0.482 e. The van der Waals surface area contributed by atoms with Crippen LogP contribution >= 0.6 is 11.6 Å². The number of halogens is 1. The zero-order chi connectivity index (χ0) is 20.9. The van der Waals surface area contributed by atoms with Crippen molar-refractivity contribution in [3.63, 3.8) is 0 Å². The number of likely N-dealkylation sites (tertiary alicyclic amines) is 1. The smallest absolute Gasteiger partial charge is 0.256 e. The molecule has 0 radical (unpaired) electrons. The van der Waals surface area contributed by atoms with Crippen LogP contribution in [0.15, 0.2) is 55.2 Å². The van der Waals surface area contributed by atoms with Crippen LogP contribution < -0.4 is 0 Å². The molecular weight excluding hydrogens is 398 g/mol. The summed E-state index contributed by atoms with van der Waals surface area (Å²) < 4.78 is 8.00. The Labute approximate surface area is 179 Å². The molecule has 1 aromatic heterocycles. The molecule has 2 aliphatic heterocycles. The van der Waals surface area contributed by atoms with Crippen molar-refractivity contribution in [1.29, 1.82) is 5.26 Å². The van der Waals surface area contributed by atoms with E-state index >= 15 is 0 Å². The number of rotatable bonds is 2. The van der Waals surface area contributed by atoms with Gasteiger partial charge in [-0.1, -0.05) is 48.5 Å². The van der Waals surface area contributed by atoms with Crippen molar-refractivity contribution in [3.8, 4) is 6.07 Å². The van der Waals surface area contributed by atoms with Gasteiger partial charge in [-0.3, -0.25) is 4.79 Å². The Kier molecular flexibility index (Phi) is 4.34. The fourth-order valence-corrected chi connectivity index (χ4v) is 4.89. The molecule has 0 bridgehead atoms. The lowest BCUT2D eigenvalue weighted by Crippen LogP contribution is -2.45. The van der Waals surface area contributed by atoms with Gasteiger partial charge in [-0.2, -0.15) is 5.26 Å². The molecule has 2 aliphatic rings. The average molecular weight is 418 g/mol. The molecule has 0 unspecified atom stereocenters. The van der Waals surface area contributed by atoms with Crippen LogP contribution in [0.4, 0.5) is 0 Å². The number of carbonyl (C=O) groups excluding carboxylic acids is 1. The Hall–Kier alpha value is -3.23. The zero-order valence-corrected chi connectivity index (χ0v) is 17.2. The Morgan fingerprint density at radius 1 is 1.23 bits per heavy atom. The molecule has 0 atom stereocenters. The van der Waals surface area contributed by atoms with Gasteiger partial charge in [0.25, 0.3) is 5.91 Å². The first-order valence-corrected chi connectivity index (χ1v) is 10.3. The van der Waals surface area contributed by atoms with Crippen molar-refractivity contribution in [2.45, 2.75) is 25.0 Å². The third kappa shape index (κ3) is 2.79. The molecule has 0 saturated carbocycles. The highest BCUT2D eigenvalue weighted by Crippen LogP contribution is 2.48. The normalized spacial score (nSPS) is 17.1. The Bertz CT molecular complexity index is 1230. The van der Waals surface area contributed by atoms with Crippen LogP contribution in [0.5, 0.6) is 0 Å². The van der Waals surface area contributed by atoms with Crippen LogP contribution in [-0.2, 0) is 16.9 Å². The van der Waals surface area contributed by atoms with Gasteiger partial charge >= 0.3 is 0 Å². The summed E-state index contributed by atoms with van der Waals surface area (Å²) in [6, 6.07) is 15.7. The summed E-state index contributed by atoms with van der Waals surface area (Å²) in [5, 5.41) is 10.5. The van der Waals surface area contributed by atoms with Crippen molar-refractivity contribution >= 4 is 34.2 Å². The summed E-state index contributed by atoms with van der Waals surface area (Å²) in [6.07, 6.45) is 3.20. The molecule has 3 aromatic rings. The number of hydrogen-bond acceptors (Lipinski definition) is 3. The fraction of sp³-hybridized carbons (Fsp3) is 0.250. The maximum atomic E-state index is 13.4. The summed E-state index contributed by atoms with van der Waals surface area (Å²) in [4.78, 5) is 15.2. The molecule has 0 aliphatic carbocycles. The molecule has 1 fully saturated rings. The summed E-state index contributed by atoms with van der Waals surface area (Å²) in [7, 11) is 0. The van der Waals surface area contributed by atoms with E-state index in [9.17, 15) is 4.79 Å². The van der Waals surface area contributed by atoms with E-state index in [4.69, 9.17) is 21.6 Å². The van der Waals surface area contributed by atoms with Gasteiger partial charge in [-0.15, -0.1) is 0 Å². The fourth-order valence-electron chi connectivity index (χ4n) is 4.72. The minimum atomic E-state index is -0.396. The van der Waals surface area contributed by atoms with Crippen molar-refractivity contribution in [2.75, 3.05) is 13.1 Å². The number of fused-ring (bicyclic) bond motifs is 3. The average Bonchev–Trinajstić information content (AvgIpc) is 3.24. The predicted molar refractivity (Wildman–Crippen MR) is 116 cm³/mol. The summed E-state index contributed by atoms with van der Waals surface area (Å²) in [6.45, 7) is 5.42. The van der Waals surface area contributed by atoms with Crippen LogP contribution in [0.3, 0.4) is 0 Å². The molecule has 3 heterocycles. The monoisotopic (exact) mass is 417 g/mol. The SMILES string of the molecule is C=C1OC2(CCN(C(=O)c3cn(CC#N)c4cc(Cl)ccc34)CC2)c2ccccc21. The summed E-state index contributed by atoms with van der Waals surface area (Å²) >= 11 is 6.14. The molecule has 5 rings (SSSR count). The first-order chi connectivity index (χ1) is 14.5. The molecule has 6 heteroatoms. The predicted octanol–water partition coefficient (Wildman–Crippen LogP) is 4.95. The second-order valence-electron chi connectivity index (χ2n) is 7.85. The van der Waals surface area contributed by atoms with E-state index in [0.717, 1.165) is 29.3 Å². The maximum absolute atomic E-state index is 13.4. The zero-order valence-electron chi connectivity index (χ0n) is 16.4. The second kappa shape index (κ2) is 6.93. The van der Waals surface area contributed by atoms with Gasteiger partial charge in [-0.25, -0.2) is 0 Å². The van der Waals surface area contributed by atoms with Gasteiger partial charge in [-0.05, 0) is 12.1 Å². The van der Waals surface area contributed by atoms with Crippen LogP contribution in [0.2, 0.25) is 5.02 Å². The topological polar surface area (TPSA) is 58.3 Å². The van der Waals surface area contributed by atoms with Crippen LogP contribution in [0, 0.1) is 11.3 Å². The molecule has 1 amide bonds. The first kappa shape index (κ1) is 18.8. The molecular formula is C24H20ClN3O2. The van der Waals surface area contributed by atoms with Gasteiger partial charge in [0.05, 0.1) is 17.1 Å². The highest BCUT2D eigenvalue weighted by atomic mass is 35.5. The Morgan fingerprint density at radius 2 is 2.00 bits per heavy atom. The lowest BCUT2D eigenvalue weighted by Gasteiger charge is -2.39. The van der Waals surface area contributed by atoms with E-state index in [-0.39, 0.29) is 12.5 Å². The lowest BCUT2D eigenvalue weighted by molar-refractivity contribution is -0.00885. The number of piperidine rings is 1. The Morgan fingerprint density at radius 3 is 2.77 bits per heavy atom. The molecule has 5 nitrogen and oxygen atoms in total. The van der Waals surface area contributed by atoms with Crippen molar-refractivity contribution in [2.24, 2.45) is 0 Å². The number of ether oxygens (including phenoxy) is 1. The number of carbonyl (C=O) groups is 1. The van der Waals surface area contributed by atoms with Crippen LogP contribution in [0.25, 0.3) is 16.7 Å². The van der Waals surface area contributed by atoms with Crippen LogP contribution in [-0.4, -0.2) is 28.5 Å². The highest BCUT2D eigenvalue weighted by Gasteiger charge is 2.45. The molecule has 2 aromatic carbocycles. The van der Waals surface area contributed by atoms with Gasteiger partial charge in [0.2, 0.25) is 0 Å². The van der Waals surface area contributed by atoms with Crippen molar-refractivity contribution < 1.29 is 9.53 Å². The number of nitrogens with zero attached hydrogens (tertiary/aromatic N) is 3.